The lowest BCUT2D eigenvalue weighted by molar-refractivity contribution is 0.0490. The van der Waals surface area contributed by atoms with Gasteiger partial charge in [0.2, 0.25) is 5.88 Å². The summed E-state index contributed by atoms with van der Waals surface area (Å²) in [5, 5.41) is 9.20. The van der Waals surface area contributed by atoms with Crippen LogP contribution in [0.15, 0.2) is 12.1 Å². The average molecular weight is 251 g/mol. The van der Waals surface area contributed by atoms with Crippen molar-refractivity contribution in [2.45, 2.75) is 32.8 Å². The van der Waals surface area contributed by atoms with Crippen molar-refractivity contribution in [2.24, 2.45) is 5.92 Å². The van der Waals surface area contributed by atoms with Crippen molar-refractivity contribution in [1.82, 2.24) is 4.98 Å². The van der Waals surface area contributed by atoms with Crippen LogP contribution in [0.5, 0.6) is 5.88 Å². The van der Waals surface area contributed by atoms with Crippen molar-refractivity contribution >= 4 is 0 Å². The lowest BCUT2D eigenvalue weighted by Gasteiger charge is -2.22. The number of aromatic nitrogens is 1. The fourth-order valence-corrected chi connectivity index (χ4v) is 2.08. The third kappa shape index (κ3) is 3.68. The Labute approximate surface area is 108 Å². The van der Waals surface area contributed by atoms with Gasteiger partial charge in [-0.2, -0.15) is 0 Å². The van der Waals surface area contributed by atoms with E-state index in [-0.39, 0.29) is 6.61 Å². The Balaban J connectivity index is 1.94. The largest absolute Gasteiger partial charge is 0.477 e. The molecule has 1 saturated heterocycles. The molecule has 4 nitrogen and oxygen atoms in total. The molecule has 2 rings (SSSR count). The highest BCUT2D eigenvalue weighted by Gasteiger charge is 2.14. The molecule has 0 aromatic carbocycles. The Morgan fingerprint density at radius 3 is 2.83 bits per heavy atom. The first-order valence-corrected chi connectivity index (χ1v) is 6.63. The first-order chi connectivity index (χ1) is 8.81. The van der Waals surface area contributed by atoms with Gasteiger partial charge >= 0.3 is 0 Å². The normalized spacial score (nSPS) is 16.8. The van der Waals surface area contributed by atoms with Gasteiger partial charge in [-0.05, 0) is 36.8 Å². The van der Waals surface area contributed by atoms with Gasteiger partial charge in [0, 0.05) is 25.0 Å². The second-order valence-electron chi connectivity index (χ2n) is 4.68. The topological polar surface area (TPSA) is 51.6 Å². The molecule has 0 saturated carbocycles. The predicted molar refractivity (Wildman–Crippen MR) is 68.6 cm³/mol. The summed E-state index contributed by atoms with van der Waals surface area (Å²) in [6, 6.07) is 3.74. The molecule has 0 aliphatic carbocycles. The fourth-order valence-electron chi connectivity index (χ4n) is 2.08. The molecule has 0 unspecified atom stereocenters. The van der Waals surface area contributed by atoms with Gasteiger partial charge in [-0.3, -0.25) is 0 Å². The number of hydrogen-bond acceptors (Lipinski definition) is 4. The van der Waals surface area contributed by atoms with Crippen LogP contribution in [0.1, 0.15) is 31.0 Å². The maximum absolute atomic E-state index is 9.20. The first-order valence-electron chi connectivity index (χ1n) is 6.63. The van der Waals surface area contributed by atoms with Crippen molar-refractivity contribution in [1.29, 1.82) is 0 Å². The van der Waals surface area contributed by atoms with E-state index in [2.05, 4.69) is 4.98 Å². The average Bonchev–Trinajstić information content (AvgIpc) is 2.45. The Morgan fingerprint density at radius 1 is 1.39 bits per heavy atom. The molecule has 2 heterocycles. The maximum Gasteiger partial charge on any atom is 0.213 e. The zero-order valence-corrected chi connectivity index (χ0v) is 10.9. The monoisotopic (exact) mass is 251 g/mol. The standard InChI is InChI=1S/C14H21NO3/c1-2-13-7-12(9-16)8-14(15-13)18-10-11-3-5-17-6-4-11/h7-8,11,16H,2-6,9-10H2,1H3. The molecule has 1 aromatic rings. The zero-order chi connectivity index (χ0) is 12.8. The second-order valence-corrected chi connectivity index (χ2v) is 4.68. The smallest absolute Gasteiger partial charge is 0.213 e. The summed E-state index contributed by atoms with van der Waals surface area (Å²) in [4.78, 5) is 4.42. The summed E-state index contributed by atoms with van der Waals surface area (Å²) in [6.45, 7) is 4.43. The molecule has 1 fully saturated rings. The summed E-state index contributed by atoms with van der Waals surface area (Å²) < 4.78 is 11.1. The predicted octanol–water partition coefficient (Wildman–Crippen LogP) is 1.94. The number of rotatable bonds is 5. The Kier molecular flexibility index (Phi) is 4.96. The van der Waals surface area contributed by atoms with Crippen LogP contribution in [0.25, 0.3) is 0 Å². The molecule has 0 amide bonds. The second kappa shape index (κ2) is 6.71. The van der Waals surface area contributed by atoms with Gasteiger partial charge in [0.05, 0.1) is 13.2 Å². The highest BCUT2D eigenvalue weighted by molar-refractivity contribution is 5.24. The third-order valence-corrected chi connectivity index (χ3v) is 3.27. The minimum Gasteiger partial charge on any atom is -0.477 e. The molecule has 0 bridgehead atoms. The van der Waals surface area contributed by atoms with E-state index in [1.807, 2.05) is 19.1 Å². The van der Waals surface area contributed by atoms with Crippen molar-refractivity contribution in [2.75, 3.05) is 19.8 Å². The van der Waals surface area contributed by atoms with Crippen molar-refractivity contribution in [3.05, 3.63) is 23.4 Å². The highest BCUT2D eigenvalue weighted by atomic mass is 16.5. The number of aliphatic hydroxyl groups excluding tert-OH is 1. The van der Waals surface area contributed by atoms with E-state index in [0.29, 0.717) is 18.4 Å². The van der Waals surface area contributed by atoms with E-state index in [0.717, 1.165) is 43.7 Å². The van der Waals surface area contributed by atoms with Crippen molar-refractivity contribution in [3.8, 4) is 5.88 Å². The first kappa shape index (κ1) is 13.3. The molecule has 1 aliphatic heterocycles. The van der Waals surface area contributed by atoms with Gasteiger partial charge < -0.3 is 14.6 Å². The maximum atomic E-state index is 9.20. The van der Waals surface area contributed by atoms with Crippen LogP contribution in [-0.4, -0.2) is 29.9 Å². The van der Waals surface area contributed by atoms with E-state index >= 15 is 0 Å². The van der Waals surface area contributed by atoms with Crippen LogP contribution >= 0.6 is 0 Å². The Bertz CT molecular complexity index is 353. The van der Waals surface area contributed by atoms with E-state index in [1.165, 1.54) is 0 Å². The van der Waals surface area contributed by atoms with Gasteiger partial charge in [0.15, 0.2) is 0 Å². The number of aliphatic hydroxyl groups is 1. The molecule has 0 atom stereocenters. The molecule has 100 valence electrons. The Morgan fingerprint density at radius 2 is 2.17 bits per heavy atom. The van der Waals surface area contributed by atoms with E-state index in [4.69, 9.17) is 9.47 Å². The SMILES string of the molecule is CCc1cc(CO)cc(OCC2CCOCC2)n1. The Hall–Kier alpha value is -1.13. The number of pyridine rings is 1. The molecular weight excluding hydrogens is 230 g/mol. The van der Waals surface area contributed by atoms with E-state index < -0.39 is 0 Å². The van der Waals surface area contributed by atoms with E-state index in [1.54, 1.807) is 0 Å². The van der Waals surface area contributed by atoms with E-state index in [9.17, 15) is 5.11 Å². The van der Waals surface area contributed by atoms with Crippen molar-refractivity contribution in [3.63, 3.8) is 0 Å². The van der Waals surface area contributed by atoms with Crippen LogP contribution in [-0.2, 0) is 17.8 Å². The molecule has 0 radical (unpaired) electrons. The zero-order valence-electron chi connectivity index (χ0n) is 10.9. The van der Waals surface area contributed by atoms with Gasteiger partial charge in [0.25, 0.3) is 0 Å². The van der Waals surface area contributed by atoms with Gasteiger partial charge in [0.1, 0.15) is 0 Å². The minimum absolute atomic E-state index is 0.0309. The van der Waals surface area contributed by atoms with Crippen LogP contribution < -0.4 is 4.74 Å². The highest BCUT2D eigenvalue weighted by Crippen LogP contribution is 2.18. The molecule has 0 spiro atoms. The summed E-state index contributed by atoms with van der Waals surface area (Å²) in [5.74, 6) is 1.19. The number of nitrogens with zero attached hydrogens (tertiary/aromatic N) is 1. The lowest BCUT2D eigenvalue weighted by atomic mass is 10.0. The summed E-state index contributed by atoms with van der Waals surface area (Å²) in [5.41, 5.74) is 1.83. The lowest BCUT2D eigenvalue weighted by Crippen LogP contribution is -2.21. The summed E-state index contributed by atoms with van der Waals surface area (Å²) >= 11 is 0. The van der Waals surface area contributed by atoms with Crippen LogP contribution in [0.3, 0.4) is 0 Å². The van der Waals surface area contributed by atoms with Crippen molar-refractivity contribution < 1.29 is 14.6 Å². The number of aryl methyl sites for hydroxylation is 1. The quantitative estimate of drug-likeness (QED) is 0.869. The molecular formula is C14H21NO3. The van der Waals surface area contributed by atoms with Crippen LogP contribution in [0.4, 0.5) is 0 Å². The molecule has 1 N–H and O–H groups in total. The fraction of sp³-hybridized carbons (Fsp3) is 0.643. The molecule has 4 heteroatoms. The number of hydrogen-bond donors (Lipinski definition) is 1. The van der Waals surface area contributed by atoms with Gasteiger partial charge in [-0.1, -0.05) is 6.92 Å². The summed E-state index contributed by atoms with van der Waals surface area (Å²) in [6.07, 6.45) is 2.96. The van der Waals surface area contributed by atoms with Crippen LogP contribution in [0.2, 0.25) is 0 Å². The molecule has 18 heavy (non-hydrogen) atoms. The minimum atomic E-state index is 0.0309. The molecule has 1 aromatic heterocycles. The van der Waals surface area contributed by atoms with Gasteiger partial charge in [-0.15, -0.1) is 0 Å². The number of ether oxygens (including phenoxy) is 2. The van der Waals surface area contributed by atoms with Crippen LogP contribution in [0, 0.1) is 5.92 Å². The summed E-state index contributed by atoms with van der Waals surface area (Å²) in [7, 11) is 0. The molecule has 1 aliphatic rings. The van der Waals surface area contributed by atoms with Gasteiger partial charge in [-0.25, -0.2) is 4.98 Å². The third-order valence-electron chi connectivity index (χ3n) is 3.27.